The Morgan fingerprint density at radius 1 is 1.25 bits per heavy atom. The molecule has 1 rings (SSSR count). The summed E-state index contributed by atoms with van der Waals surface area (Å²) in [4.78, 5) is 2.17. The normalized spacial score (nSPS) is 11.0. The minimum Gasteiger partial charge on any atom is -0.316 e. The van der Waals surface area contributed by atoms with Crippen LogP contribution < -0.4 is 5.32 Å². The van der Waals surface area contributed by atoms with Crippen molar-refractivity contribution in [1.82, 2.24) is 10.2 Å². The Balaban J connectivity index is 2.07. The van der Waals surface area contributed by atoms with Crippen LogP contribution in [-0.4, -0.2) is 38.6 Å². The first-order valence-corrected chi connectivity index (χ1v) is 5.78. The van der Waals surface area contributed by atoms with Crippen molar-refractivity contribution < 1.29 is 4.39 Å². The van der Waals surface area contributed by atoms with Crippen LogP contribution in [0.2, 0.25) is 0 Å². The van der Waals surface area contributed by atoms with Crippen LogP contribution in [0.15, 0.2) is 24.3 Å². The highest BCUT2D eigenvalue weighted by Crippen LogP contribution is 2.03. The summed E-state index contributed by atoms with van der Waals surface area (Å²) in [6.45, 7) is 3.04. The molecule has 0 unspecified atom stereocenters. The maximum absolute atomic E-state index is 12.9. The smallest absolute Gasteiger partial charge is 0.123 e. The van der Waals surface area contributed by atoms with Crippen LogP contribution >= 0.6 is 0 Å². The van der Waals surface area contributed by atoms with Crippen molar-refractivity contribution in [2.24, 2.45) is 0 Å². The fraction of sp³-hybridized carbons (Fsp3) is 0.538. The van der Waals surface area contributed by atoms with E-state index in [9.17, 15) is 4.39 Å². The highest BCUT2D eigenvalue weighted by Gasteiger charge is 1.95. The van der Waals surface area contributed by atoms with Gasteiger partial charge in [-0.05, 0) is 64.3 Å². The molecule has 2 nitrogen and oxygen atoms in total. The molecular formula is C13H21FN2. The molecule has 90 valence electrons. The Bertz CT molecular complexity index is 300. The van der Waals surface area contributed by atoms with E-state index in [1.165, 1.54) is 6.07 Å². The van der Waals surface area contributed by atoms with Gasteiger partial charge in [0, 0.05) is 0 Å². The van der Waals surface area contributed by atoms with Crippen LogP contribution in [0.4, 0.5) is 4.39 Å². The Labute approximate surface area is 97.5 Å². The molecule has 0 bridgehead atoms. The number of hydrogen-bond acceptors (Lipinski definition) is 2. The fourth-order valence-corrected chi connectivity index (χ4v) is 1.57. The van der Waals surface area contributed by atoms with E-state index < -0.39 is 0 Å². The van der Waals surface area contributed by atoms with Crippen LogP contribution in [0.3, 0.4) is 0 Å². The standard InChI is InChI=1S/C13H21FN2/c1-16(2)10-4-8-15-9-7-12-5-3-6-13(14)11-12/h3,5-6,11,15H,4,7-10H2,1-2H3. The van der Waals surface area contributed by atoms with E-state index in [-0.39, 0.29) is 5.82 Å². The van der Waals surface area contributed by atoms with Gasteiger partial charge >= 0.3 is 0 Å². The van der Waals surface area contributed by atoms with E-state index >= 15 is 0 Å². The second-order valence-electron chi connectivity index (χ2n) is 4.29. The lowest BCUT2D eigenvalue weighted by molar-refractivity contribution is 0.395. The van der Waals surface area contributed by atoms with Gasteiger partial charge in [-0.3, -0.25) is 0 Å². The maximum atomic E-state index is 12.9. The number of rotatable bonds is 7. The highest BCUT2D eigenvalue weighted by atomic mass is 19.1. The monoisotopic (exact) mass is 224 g/mol. The second kappa shape index (κ2) is 7.36. The lowest BCUT2D eigenvalue weighted by Gasteiger charge is -2.09. The predicted molar refractivity (Wildman–Crippen MR) is 66.1 cm³/mol. The minimum absolute atomic E-state index is 0.148. The minimum atomic E-state index is -0.148. The zero-order valence-corrected chi connectivity index (χ0v) is 10.2. The van der Waals surface area contributed by atoms with Gasteiger partial charge in [-0.25, -0.2) is 4.39 Å². The average molecular weight is 224 g/mol. The largest absolute Gasteiger partial charge is 0.316 e. The van der Waals surface area contributed by atoms with E-state index in [4.69, 9.17) is 0 Å². The molecule has 0 aliphatic carbocycles. The first kappa shape index (κ1) is 13.1. The van der Waals surface area contributed by atoms with Gasteiger partial charge in [0.1, 0.15) is 5.82 Å². The molecule has 0 radical (unpaired) electrons. The molecule has 0 saturated carbocycles. The lowest BCUT2D eigenvalue weighted by Crippen LogP contribution is -2.23. The Morgan fingerprint density at radius 3 is 2.75 bits per heavy atom. The first-order chi connectivity index (χ1) is 7.68. The number of nitrogens with one attached hydrogen (secondary N) is 1. The number of benzene rings is 1. The Kier molecular flexibility index (Phi) is 6.04. The molecule has 0 aliphatic rings. The molecule has 0 amide bonds. The van der Waals surface area contributed by atoms with Gasteiger partial charge in [-0.1, -0.05) is 12.1 Å². The number of nitrogens with zero attached hydrogens (tertiary/aromatic N) is 1. The predicted octanol–water partition coefficient (Wildman–Crippen LogP) is 1.91. The maximum Gasteiger partial charge on any atom is 0.123 e. The van der Waals surface area contributed by atoms with Crippen molar-refractivity contribution in [2.75, 3.05) is 33.7 Å². The van der Waals surface area contributed by atoms with Crippen LogP contribution in [-0.2, 0) is 6.42 Å². The molecule has 1 N–H and O–H groups in total. The highest BCUT2D eigenvalue weighted by molar-refractivity contribution is 5.16. The molecule has 3 heteroatoms. The van der Waals surface area contributed by atoms with Crippen molar-refractivity contribution >= 4 is 0 Å². The zero-order chi connectivity index (χ0) is 11.8. The molecular weight excluding hydrogens is 203 g/mol. The molecule has 0 heterocycles. The molecule has 0 fully saturated rings. The van der Waals surface area contributed by atoms with Gasteiger partial charge in [-0.15, -0.1) is 0 Å². The topological polar surface area (TPSA) is 15.3 Å². The third-order valence-electron chi connectivity index (χ3n) is 2.44. The van der Waals surface area contributed by atoms with Gasteiger partial charge in [0.15, 0.2) is 0 Å². The van der Waals surface area contributed by atoms with Gasteiger partial charge < -0.3 is 10.2 Å². The van der Waals surface area contributed by atoms with E-state index in [2.05, 4.69) is 24.3 Å². The third-order valence-corrected chi connectivity index (χ3v) is 2.44. The fourth-order valence-electron chi connectivity index (χ4n) is 1.57. The van der Waals surface area contributed by atoms with E-state index in [1.54, 1.807) is 12.1 Å². The van der Waals surface area contributed by atoms with Crippen molar-refractivity contribution in [3.05, 3.63) is 35.6 Å². The van der Waals surface area contributed by atoms with Crippen LogP contribution in [0, 0.1) is 5.82 Å². The van der Waals surface area contributed by atoms with Crippen molar-refractivity contribution in [2.45, 2.75) is 12.8 Å². The average Bonchev–Trinajstić information content (AvgIpc) is 2.23. The SMILES string of the molecule is CN(C)CCCNCCc1cccc(F)c1. The van der Waals surface area contributed by atoms with Crippen molar-refractivity contribution in [3.63, 3.8) is 0 Å². The lowest BCUT2D eigenvalue weighted by atomic mass is 10.1. The van der Waals surface area contributed by atoms with Crippen LogP contribution in [0.25, 0.3) is 0 Å². The molecule has 0 aliphatic heterocycles. The molecule has 0 atom stereocenters. The molecule has 0 saturated heterocycles. The summed E-state index contributed by atoms with van der Waals surface area (Å²) in [5, 5.41) is 3.36. The first-order valence-electron chi connectivity index (χ1n) is 5.78. The van der Waals surface area contributed by atoms with E-state index in [0.29, 0.717) is 0 Å². The molecule has 0 spiro atoms. The van der Waals surface area contributed by atoms with Gasteiger partial charge in [0.25, 0.3) is 0 Å². The summed E-state index contributed by atoms with van der Waals surface area (Å²) >= 11 is 0. The quantitative estimate of drug-likeness (QED) is 0.712. The molecule has 1 aromatic carbocycles. The van der Waals surface area contributed by atoms with E-state index in [0.717, 1.165) is 38.0 Å². The van der Waals surface area contributed by atoms with E-state index in [1.807, 2.05) is 6.07 Å². The van der Waals surface area contributed by atoms with Crippen LogP contribution in [0.1, 0.15) is 12.0 Å². The third kappa shape index (κ3) is 5.83. The summed E-state index contributed by atoms with van der Waals surface area (Å²) in [7, 11) is 4.15. The zero-order valence-electron chi connectivity index (χ0n) is 10.2. The summed E-state index contributed by atoms with van der Waals surface area (Å²) in [6, 6.07) is 6.80. The van der Waals surface area contributed by atoms with Gasteiger partial charge in [-0.2, -0.15) is 0 Å². The summed E-state index contributed by atoms with van der Waals surface area (Å²) in [5.41, 5.74) is 1.06. The summed E-state index contributed by atoms with van der Waals surface area (Å²) in [5.74, 6) is -0.148. The van der Waals surface area contributed by atoms with Gasteiger partial charge in [0.2, 0.25) is 0 Å². The van der Waals surface area contributed by atoms with Crippen LogP contribution in [0.5, 0.6) is 0 Å². The van der Waals surface area contributed by atoms with Crippen molar-refractivity contribution in [3.8, 4) is 0 Å². The second-order valence-corrected chi connectivity index (χ2v) is 4.29. The molecule has 16 heavy (non-hydrogen) atoms. The summed E-state index contributed by atoms with van der Waals surface area (Å²) < 4.78 is 12.9. The number of halogens is 1. The van der Waals surface area contributed by atoms with Crippen molar-refractivity contribution in [1.29, 1.82) is 0 Å². The molecule has 0 aromatic heterocycles. The number of hydrogen-bond donors (Lipinski definition) is 1. The van der Waals surface area contributed by atoms with Gasteiger partial charge in [0.05, 0.1) is 0 Å². The molecule has 1 aromatic rings. The Morgan fingerprint density at radius 2 is 2.06 bits per heavy atom. The Hall–Kier alpha value is -0.930. The summed E-state index contributed by atoms with van der Waals surface area (Å²) in [6.07, 6.45) is 2.04.